The Morgan fingerprint density at radius 3 is 2.76 bits per heavy atom. The van der Waals surface area contributed by atoms with E-state index in [0.717, 1.165) is 0 Å². The van der Waals surface area contributed by atoms with Gasteiger partial charge >= 0.3 is 0 Å². The summed E-state index contributed by atoms with van der Waals surface area (Å²) in [6, 6.07) is 0. The average Bonchev–Trinajstić information content (AvgIpc) is 2.99. The fraction of sp³-hybridized carbons (Fsp3) is 0.600. The predicted molar refractivity (Wildman–Crippen MR) is 52.1 cm³/mol. The van der Waals surface area contributed by atoms with Gasteiger partial charge in [-0.3, -0.25) is 4.99 Å². The molecule has 0 heterocycles. The van der Waals surface area contributed by atoms with Gasteiger partial charge in [0.15, 0.2) is 0 Å². The summed E-state index contributed by atoms with van der Waals surface area (Å²) in [7, 11) is 0. The third kappa shape index (κ3) is 1.73. The van der Waals surface area contributed by atoms with Crippen molar-refractivity contribution in [1.82, 2.24) is 0 Å². The summed E-state index contributed by atoms with van der Waals surface area (Å²) < 4.78 is 52.3. The van der Waals surface area contributed by atoms with Gasteiger partial charge in [0.05, 0.1) is 12.2 Å². The number of fused-ring (bicyclic) bond motifs is 1. The fourth-order valence-electron chi connectivity index (χ4n) is 2.23. The van der Waals surface area contributed by atoms with Crippen LogP contribution in [-0.4, -0.2) is 30.9 Å². The van der Waals surface area contributed by atoms with Crippen LogP contribution in [0.2, 0.25) is 0 Å². The Morgan fingerprint density at radius 1 is 1.59 bits per heavy atom. The first-order valence-corrected chi connectivity index (χ1v) is 5.05. The number of hydrogen-bond donors (Lipinski definition) is 1. The molecule has 0 bridgehead atoms. The number of aliphatic imine (C=N–C) groups is 1. The van der Waals surface area contributed by atoms with E-state index in [4.69, 9.17) is 5.73 Å². The molecule has 2 saturated carbocycles. The number of alkyl halides is 4. The average molecular weight is 250 g/mol. The largest absolute Gasteiger partial charge is 0.397 e. The molecule has 2 aliphatic rings. The van der Waals surface area contributed by atoms with Crippen LogP contribution < -0.4 is 5.73 Å². The second-order valence-electron chi connectivity index (χ2n) is 4.10. The molecular weight excluding hydrogens is 240 g/mol. The summed E-state index contributed by atoms with van der Waals surface area (Å²) in [4.78, 5) is 13.5. The van der Waals surface area contributed by atoms with E-state index in [0.29, 0.717) is 6.29 Å². The monoisotopic (exact) mass is 250 g/mol. The molecule has 2 unspecified atom stereocenters. The normalized spacial score (nSPS) is 35.0. The lowest BCUT2D eigenvalue weighted by Gasteiger charge is -2.15. The van der Waals surface area contributed by atoms with Crippen molar-refractivity contribution >= 4 is 12.0 Å². The van der Waals surface area contributed by atoms with E-state index in [1.807, 2.05) is 0 Å². The molecule has 0 aliphatic heterocycles. The lowest BCUT2D eigenvalue weighted by Crippen LogP contribution is -2.30. The summed E-state index contributed by atoms with van der Waals surface area (Å²) in [5, 5.41) is 0. The smallest absolute Gasteiger partial charge is 0.292 e. The van der Waals surface area contributed by atoms with Gasteiger partial charge in [0.1, 0.15) is 12.0 Å². The molecule has 2 aliphatic carbocycles. The van der Waals surface area contributed by atoms with Crippen molar-refractivity contribution in [3.05, 3.63) is 11.3 Å². The zero-order valence-electron chi connectivity index (χ0n) is 8.67. The van der Waals surface area contributed by atoms with Crippen LogP contribution >= 0.6 is 0 Å². The number of nitrogens with two attached hydrogens (primary N) is 1. The summed E-state index contributed by atoms with van der Waals surface area (Å²) in [5.74, 6) is -4.87. The molecule has 0 saturated heterocycles. The van der Waals surface area contributed by atoms with Crippen LogP contribution in [0.3, 0.4) is 0 Å². The summed E-state index contributed by atoms with van der Waals surface area (Å²) >= 11 is 0. The molecule has 0 radical (unpaired) electrons. The van der Waals surface area contributed by atoms with Crippen molar-refractivity contribution in [3.63, 3.8) is 0 Å². The van der Waals surface area contributed by atoms with E-state index in [1.54, 1.807) is 0 Å². The summed E-state index contributed by atoms with van der Waals surface area (Å²) in [6.45, 7) is -0.468. The second-order valence-corrected chi connectivity index (χ2v) is 4.10. The van der Waals surface area contributed by atoms with Crippen LogP contribution in [0.25, 0.3) is 0 Å². The van der Waals surface area contributed by atoms with E-state index >= 15 is 0 Å². The third-order valence-electron chi connectivity index (χ3n) is 3.07. The highest BCUT2D eigenvalue weighted by molar-refractivity contribution is 6.10. The van der Waals surface area contributed by atoms with E-state index in [1.165, 1.54) is 0 Å². The molecule has 2 N–H and O–H groups in total. The minimum Gasteiger partial charge on any atom is -0.397 e. The van der Waals surface area contributed by atoms with Gasteiger partial charge in [0, 0.05) is 11.5 Å². The standard InChI is InChI=1S/C10H10F4N2O/c11-9(12)7(15)6-4-3-5(4)10(13,14)8(6)16-1-2-17/h2,4-5,9H,1,3,15H2/b7-6-,16-8?. The second kappa shape index (κ2) is 3.82. The maximum Gasteiger partial charge on any atom is 0.292 e. The lowest BCUT2D eigenvalue weighted by molar-refractivity contribution is -0.106. The van der Waals surface area contributed by atoms with Crippen molar-refractivity contribution < 1.29 is 22.4 Å². The van der Waals surface area contributed by atoms with Crippen LogP contribution in [0.1, 0.15) is 6.42 Å². The van der Waals surface area contributed by atoms with Crippen molar-refractivity contribution in [3.8, 4) is 0 Å². The topological polar surface area (TPSA) is 55.4 Å². The molecule has 0 aromatic heterocycles. The minimum absolute atomic E-state index is 0.149. The van der Waals surface area contributed by atoms with Gasteiger partial charge in [-0.25, -0.2) is 8.78 Å². The highest BCUT2D eigenvalue weighted by Crippen LogP contribution is 2.61. The van der Waals surface area contributed by atoms with Gasteiger partial charge in [0.25, 0.3) is 12.3 Å². The van der Waals surface area contributed by atoms with E-state index in [2.05, 4.69) is 4.99 Å². The Bertz CT molecular complexity index is 417. The zero-order valence-corrected chi connectivity index (χ0v) is 8.67. The number of aldehydes is 1. The lowest BCUT2D eigenvalue weighted by atomic mass is 10.0. The molecule has 0 aromatic rings. The van der Waals surface area contributed by atoms with Crippen molar-refractivity contribution in [1.29, 1.82) is 0 Å². The molecular formula is C10H10F4N2O. The first kappa shape index (κ1) is 12.1. The molecule has 2 atom stereocenters. The Labute approximate surface area is 94.4 Å². The maximum absolute atomic E-state index is 13.7. The quantitative estimate of drug-likeness (QED) is 0.608. The van der Waals surface area contributed by atoms with E-state index in [-0.39, 0.29) is 12.0 Å². The maximum atomic E-state index is 13.7. The molecule has 2 fully saturated rings. The summed E-state index contributed by atoms with van der Waals surface area (Å²) in [6.07, 6.45) is -2.50. The van der Waals surface area contributed by atoms with Crippen molar-refractivity contribution in [2.75, 3.05) is 6.54 Å². The number of hydrogen-bond acceptors (Lipinski definition) is 3. The molecule has 2 rings (SSSR count). The summed E-state index contributed by atoms with van der Waals surface area (Å²) in [5.41, 5.74) is 3.32. The number of rotatable bonds is 3. The molecule has 17 heavy (non-hydrogen) atoms. The number of allylic oxidation sites excluding steroid dienone is 2. The van der Waals surface area contributed by atoms with Gasteiger partial charge < -0.3 is 10.5 Å². The number of carbonyl (C=O) groups excluding carboxylic acids is 1. The Morgan fingerprint density at radius 2 is 2.24 bits per heavy atom. The van der Waals surface area contributed by atoms with E-state index < -0.39 is 42.1 Å². The number of carbonyl (C=O) groups is 1. The van der Waals surface area contributed by atoms with Crippen molar-refractivity contribution in [2.45, 2.75) is 18.8 Å². The Hall–Kier alpha value is -1.40. The van der Waals surface area contributed by atoms with E-state index in [9.17, 15) is 22.4 Å². The molecule has 0 amide bonds. The Balaban J connectivity index is 2.45. The Kier molecular flexibility index (Phi) is 2.71. The first-order valence-electron chi connectivity index (χ1n) is 5.05. The van der Waals surface area contributed by atoms with Gasteiger partial charge in [-0.05, 0) is 12.3 Å². The van der Waals surface area contributed by atoms with Crippen LogP contribution in [0.15, 0.2) is 16.3 Å². The fourth-order valence-corrected chi connectivity index (χ4v) is 2.23. The van der Waals surface area contributed by atoms with Crippen LogP contribution in [-0.2, 0) is 4.79 Å². The highest BCUT2D eigenvalue weighted by atomic mass is 19.3. The molecule has 3 nitrogen and oxygen atoms in total. The third-order valence-corrected chi connectivity index (χ3v) is 3.07. The molecule has 0 spiro atoms. The van der Waals surface area contributed by atoms with Crippen LogP contribution in [0, 0.1) is 11.8 Å². The SMILES string of the molecule is N/C(=C1\C(=NCC=O)C(F)(F)C2CC12)C(F)F. The zero-order chi connectivity index (χ0) is 12.8. The first-order chi connectivity index (χ1) is 7.91. The van der Waals surface area contributed by atoms with Crippen LogP contribution in [0.4, 0.5) is 17.6 Å². The predicted octanol–water partition coefficient (Wildman–Crippen LogP) is 1.39. The highest BCUT2D eigenvalue weighted by Gasteiger charge is 2.67. The molecule has 94 valence electrons. The molecule has 0 aromatic carbocycles. The van der Waals surface area contributed by atoms with Crippen LogP contribution in [0.5, 0.6) is 0 Å². The van der Waals surface area contributed by atoms with Gasteiger partial charge in [-0.1, -0.05) is 0 Å². The minimum atomic E-state index is -3.25. The molecule has 7 heteroatoms. The number of halogens is 4. The van der Waals surface area contributed by atoms with Gasteiger partial charge in [-0.15, -0.1) is 0 Å². The van der Waals surface area contributed by atoms with Gasteiger partial charge in [0.2, 0.25) is 0 Å². The van der Waals surface area contributed by atoms with Crippen molar-refractivity contribution in [2.24, 2.45) is 22.6 Å². The van der Waals surface area contributed by atoms with Gasteiger partial charge in [-0.2, -0.15) is 8.78 Å². The number of nitrogens with zero attached hydrogens (tertiary/aromatic N) is 1.